The van der Waals surface area contributed by atoms with Crippen LogP contribution in [0.2, 0.25) is 0 Å². The van der Waals surface area contributed by atoms with E-state index in [1.807, 2.05) is 0 Å². The van der Waals surface area contributed by atoms with Gasteiger partial charge < -0.3 is 20.1 Å². The molecule has 1 aromatic carbocycles. The van der Waals surface area contributed by atoms with E-state index in [1.165, 1.54) is 30.7 Å². The summed E-state index contributed by atoms with van der Waals surface area (Å²) in [5, 5.41) is 0. The maximum atomic E-state index is 12.9. The Labute approximate surface area is 173 Å². The molecular weight excluding hydrogens is 406 g/mol. The Morgan fingerprint density at radius 3 is 2.21 bits per heavy atom. The highest BCUT2D eigenvalue weighted by atomic mass is 35.5. The standard InChI is InChI=1S/C18H29N3O5S.ClH/c1-25-11-9-21(10-12-26-2)27(23,24)17-5-3-16(4-6-17)18(22)20-8-7-15(13-19)14-20;/h3-6,15H,7-14,19H2,1-2H3;1H. The third kappa shape index (κ3) is 6.13. The van der Waals surface area contributed by atoms with Crippen molar-refractivity contribution in [1.82, 2.24) is 9.21 Å². The van der Waals surface area contributed by atoms with Crippen LogP contribution in [0.4, 0.5) is 0 Å². The molecule has 1 heterocycles. The molecular formula is C18H30ClN3O5S. The lowest BCUT2D eigenvalue weighted by Gasteiger charge is -2.22. The first-order chi connectivity index (χ1) is 12.9. The molecule has 0 spiro atoms. The molecule has 0 saturated carbocycles. The first-order valence-electron chi connectivity index (χ1n) is 9.01. The Morgan fingerprint density at radius 2 is 1.75 bits per heavy atom. The Hall–Kier alpha value is -1.23. The predicted molar refractivity (Wildman–Crippen MR) is 109 cm³/mol. The molecule has 2 rings (SSSR count). The van der Waals surface area contributed by atoms with Crippen LogP contribution in [0.15, 0.2) is 29.2 Å². The zero-order valence-electron chi connectivity index (χ0n) is 16.4. The van der Waals surface area contributed by atoms with E-state index in [4.69, 9.17) is 15.2 Å². The predicted octanol–water partition coefficient (Wildman–Crippen LogP) is 0.813. The van der Waals surface area contributed by atoms with Gasteiger partial charge in [-0.25, -0.2) is 8.42 Å². The molecule has 1 atom stereocenters. The molecule has 1 amide bonds. The van der Waals surface area contributed by atoms with Crippen molar-refractivity contribution < 1.29 is 22.7 Å². The number of sulfonamides is 1. The molecule has 10 heteroatoms. The summed E-state index contributed by atoms with van der Waals surface area (Å²) in [7, 11) is -0.642. The van der Waals surface area contributed by atoms with Gasteiger partial charge in [0.25, 0.3) is 5.91 Å². The number of hydrogen-bond donors (Lipinski definition) is 1. The molecule has 8 nitrogen and oxygen atoms in total. The van der Waals surface area contributed by atoms with E-state index < -0.39 is 10.0 Å². The van der Waals surface area contributed by atoms with Crippen LogP contribution in [0.5, 0.6) is 0 Å². The minimum atomic E-state index is -3.69. The van der Waals surface area contributed by atoms with E-state index in [0.717, 1.165) is 6.42 Å². The Bertz CT molecular complexity index is 706. The van der Waals surface area contributed by atoms with Gasteiger partial charge in [-0.05, 0) is 43.1 Å². The molecule has 28 heavy (non-hydrogen) atoms. The topological polar surface area (TPSA) is 102 Å². The van der Waals surface area contributed by atoms with Crippen LogP contribution in [0, 0.1) is 5.92 Å². The molecule has 1 aliphatic heterocycles. The van der Waals surface area contributed by atoms with Crippen LogP contribution in [0.25, 0.3) is 0 Å². The molecule has 1 unspecified atom stereocenters. The van der Waals surface area contributed by atoms with Gasteiger partial charge in [0.2, 0.25) is 10.0 Å². The Morgan fingerprint density at radius 1 is 1.18 bits per heavy atom. The van der Waals surface area contributed by atoms with Crippen molar-refractivity contribution in [3.63, 3.8) is 0 Å². The average molecular weight is 436 g/mol. The fourth-order valence-corrected chi connectivity index (χ4v) is 4.46. The van der Waals surface area contributed by atoms with Gasteiger partial charge in [0.1, 0.15) is 0 Å². The highest BCUT2D eigenvalue weighted by molar-refractivity contribution is 7.89. The average Bonchev–Trinajstić information content (AvgIpc) is 3.16. The van der Waals surface area contributed by atoms with Crippen LogP contribution in [0.3, 0.4) is 0 Å². The van der Waals surface area contributed by atoms with E-state index in [2.05, 4.69) is 0 Å². The summed E-state index contributed by atoms with van der Waals surface area (Å²) < 4.78 is 37.1. The lowest BCUT2D eigenvalue weighted by molar-refractivity contribution is 0.0787. The number of rotatable bonds is 10. The second-order valence-electron chi connectivity index (χ2n) is 6.56. The second kappa shape index (κ2) is 11.7. The van der Waals surface area contributed by atoms with Crippen LogP contribution < -0.4 is 5.73 Å². The van der Waals surface area contributed by atoms with Crippen molar-refractivity contribution >= 4 is 28.3 Å². The lowest BCUT2D eigenvalue weighted by atomic mass is 10.1. The molecule has 0 aromatic heterocycles. The van der Waals surface area contributed by atoms with Gasteiger partial charge in [-0.2, -0.15) is 4.31 Å². The first kappa shape index (κ1) is 24.8. The summed E-state index contributed by atoms with van der Waals surface area (Å²) >= 11 is 0. The maximum absolute atomic E-state index is 12.9. The first-order valence-corrected chi connectivity index (χ1v) is 10.5. The summed E-state index contributed by atoms with van der Waals surface area (Å²) in [5.41, 5.74) is 6.15. The number of benzene rings is 1. The Kier molecular flexibility index (Phi) is 10.4. The highest BCUT2D eigenvalue weighted by Crippen LogP contribution is 2.20. The molecule has 0 aliphatic carbocycles. The van der Waals surface area contributed by atoms with Crippen molar-refractivity contribution in [2.45, 2.75) is 11.3 Å². The number of carbonyl (C=O) groups excluding carboxylic acids is 1. The largest absolute Gasteiger partial charge is 0.383 e. The normalized spacial score (nSPS) is 17.0. The number of hydrogen-bond acceptors (Lipinski definition) is 6. The molecule has 2 N–H and O–H groups in total. The van der Waals surface area contributed by atoms with Crippen LogP contribution in [-0.4, -0.2) is 83.7 Å². The van der Waals surface area contributed by atoms with Gasteiger partial charge in [0.15, 0.2) is 0 Å². The minimum absolute atomic E-state index is 0. The van der Waals surface area contributed by atoms with Crippen molar-refractivity contribution in [1.29, 1.82) is 0 Å². The molecule has 160 valence electrons. The lowest BCUT2D eigenvalue weighted by Crippen LogP contribution is -2.36. The monoisotopic (exact) mass is 435 g/mol. The summed E-state index contributed by atoms with van der Waals surface area (Å²) in [6.07, 6.45) is 0.905. The number of nitrogens with two attached hydrogens (primary N) is 1. The third-order valence-corrected chi connectivity index (χ3v) is 6.65. The Balaban J connectivity index is 0.00000392. The van der Waals surface area contributed by atoms with Crippen LogP contribution >= 0.6 is 12.4 Å². The maximum Gasteiger partial charge on any atom is 0.253 e. The fourth-order valence-electron chi connectivity index (χ4n) is 3.05. The van der Waals surface area contributed by atoms with Crippen molar-refractivity contribution in [3.05, 3.63) is 29.8 Å². The molecule has 0 radical (unpaired) electrons. The molecule has 1 saturated heterocycles. The SMILES string of the molecule is COCCN(CCOC)S(=O)(=O)c1ccc(C(=O)N2CCC(CN)C2)cc1.Cl. The number of ether oxygens (including phenoxy) is 2. The number of halogens is 1. The smallest absolute Gasteiger partial charge is 0.253 e. The van der Waals surface area contributed by atoms with Crippen LogP contribution in [0.1, 0.15) is 16.8 Å². The van der Waals surface area contributed by atoms with Gasteiger partial charge in [-0.15, -0.1) is 12.4 Å². The van der Waals surface area contributed by atoms with Crippen molar-refractivity contribution in [3.8, 4) is 0 Å². The molecule has 1 fully saturated rings. The van der Waals surface area contributed by atoms with Gasteiger partial charge in [-0.3, -0.25) is 4.79 Å². The fraction of sp³-hybridized carbons (Fsp3) is 0.611. The third-order valence-electron chi connectivity index (χ3n) is 4.74. The summed E-state index contributed by atoms with van der Waals surface area (Å²) in [6, 6.07) is 6.09. The second-order valence-corrected chi connectivity index (χ2v) is 8.49. The zero-order valence-corrected chi connectivity index (χ0v) is 18.0. The molecule has 1 aliphatic rings. The number of amides is 1. The van der Waals surface area contributed by atoms with Gasteiger partial charge in [-0.1, -0.05) is 0 Å². The zero-order chi connectivity index (χ0) is 19.9. The van der Waals surface area contributed by atoms with E-state index in [1.54, 1.807) is 17.0 Å². The summed E-state index contributed by atoms with van der Waals surface area (Å²) in [5.74, 6) is 0.245. The van der Waals surface area contributed by atoms with E-state index >= 15 is 0 Å². The van der Waals surface area contributed by atoms with E-state index in [-0.39, 0.29) is 49.5 Å². The molecule has 1 aromatic rings. The molecule has 0 bridgehead atoms. The van der Waals surface area contributed by atoms with E-state index in [0.29, 0.717) is 31.1 Å². The van der Waals surface area contributed by atoms with E-state index in [9.17, 15) is 13.2 Å². The quantitative estimate of drug-likeness (QED) is 0.583. The highest BCUT2D eigenvalue weighted by Gasteiger charge is 2.27. The van der Waals surface area contributed by atoms with Crippen molar-refractivity contribution in [2.75, 3.05) is 60.2 Å². The van der Waals surface area contributed by atoms with Gasteiger partial charge in [0.05, 0.1) is 18.1 Å². The number of carbonyl (C=O) groups is 1. The minimum Gasteiger partial charge on any atom is -0.383 e. The van der Waals surface area contributed by atoms with Crippen LogP contribution in [-0.2, 0) is 19.5 Å². The summed E-state index contributed by atoms with van der Waals surface area (Å²) in [6.45, 7) is 2.95. The summed E-state index contributed by atoms with van der Waals surface area (Å²) in [4.78, 5) is 14.5. The van der Waals surface area contributed by atoms with Crippen molar-refractivity contribution in [2.24, 2.45) is 11.7 Å². The number of nitrogens with zero attached hydrogens (tertiary/aromatic N) is 2. The van der Waals surface area contributed by atoms with Gasteiger partial charge >= 0.3 is 0 Å². The number of likely N-dealkylation sites (tertiary alicyclic amines) is 1. The van der Waals surface area contributed by atoms with Gasteiger partial charge in [0, 0.05) is 46.0 Å². The number of methoxy groups -OCH3 is 2.